The van der Waals surface area contributed by atoms with E-state index in [1.165, 1.54) is 6.42 Å². The van der Waals surface area contributed by atoms with E-state index in [4.69, 9.17) is 0 Å². The Morgan fingerprint density at radius 2 is 1.85 bits per heavy atom. The number of amides is 1. The van der Waals surface area contributed by atoms with Crippen molar-refractivity contribution in [2.24, 2.45) is 11.8 Å². The van der Waals surface area contributed by atoms with Crippen LogP contribution in [0.5, 0.6) is 0 Å². The molecule has 1 aliphatic carbocycles. The lowest BCUT2D eigenvalue weighted by atomic mass is 9.83. The van der Waals surface area contributed by atoms with Crippen LogP contribution in [0, 0.1) is 11.8 Å². The Morgan fingerprint density at radius 3 is 2.45 bits per heavy atom. The molecule has 20 heavy (non-hydrogen) atoms. The van der Waals surface area contributed by atoms with Crippen LogP contribution in [-0.4, -0.2) is 35.6 Å². The number of piperidine rings is 1. The first-order valence-electron chi connectivity index (χ1n) is 7.86. The fourth-order valence-electron chi connectivity index (χ4n) is 3.49. The summed E-state index contributed by atoms with van der Waals surface area (Å²) in [6.45, 7) is 2.89. The molecule has 3 atom stereocenters. The number of carboxylic acids is 1. The largest absolute Gasteiger partial charge is 0.480 e. The highest BCUT2D eigenvalue weighted by Gasteiger charge is 2.34. The molecule has 1 saturated carbocycles. The van der Waals surface area contributed by atoms with Crippen molar-refractivity contribution in [3.63, 3.8) is 0 Å². The summed E-state index contributed by atoms with van der Waals surface area (Å²) in [5.41, 5.74) is 0. The van der Waals surface area contributed by atoms with Crippen LogP contribution in [0.15, 0.2) is 0 Å². The van der Waals surface area contributed by atoms with Crippen molar-refractivity contribution in [1.82, 2.24) is 10.6 Å². The topological polar surface area (TPSA) is 78.4 Å². The average Bonchev–Trinajstić information content (AvgIpc) is 2.45. The minimum atomic E-state index is -0.895. The molecular formula is C15H26N2O3. The highest BCUT2D eigenvalue weighted by Crippen LogP contribution is 2.27. The van der Waals surface area contributed by atoms with Crippen molar-refractivity contribution in [3.8, 4) is 0 Å². The van der Waals surface area contributed by atoms with Gasteiger partial charge in [-0.2, -0.15) is 0 Å². The predicted molar refractivity (Wildman–Crippen MR) is 76.3 cm³/mol. The molecule has 0 aromatic rings. The number of hydrogen-bond acceptors (Lipinski definition) is 3. The predicted octanol–water partition coefficient (Wildman–Crippen LogP) is 1.52. The van der Waals surface area contributed by atoms with Gasteiger partial charge in [-0.25, -0.2) is 4.79 Å². The quantitative estimate of drug-likeness (QED) is 0.730. The monoisotopic (exact) mass is 282 g/mol. The summed E-state index contributed by atoms with van der Waals surface area (Å²) in [6, 6.07) is -0.965. The Morgan fingerprint density at radius 1 is 1.15 bits per heavy atom. The van der Waals surface area contributed by atoms with Crippen molar-refractivity contribution < 1.29 is 14.7 Å². The van der Waals surface area contributed by atoms with Gasteiger partial charge in [-0.1, -0.05) is 26.2 Å². The van der Waals surface area contributed by atoms with Gasteiger partial charge >= 0.3 is 5.97 Å². The molecule has 0 radical (unpaired) electrons. The molecule has 2 fully saturated rings. The van der Waals surface area contributed by atoms with E-state index in [-0.39, 0.29) is 23.8 Å². The summed E-state index contributed by atoms with van der Waals surface area (Å²) in [5.74, 6) is -0.683. The van der Waals surface area contributed by atoms with Gasteiger partial charge in [0, 0.05) is 0 Å². The maximum atomic E-state index is 12.3. The average molecular weight is 282 g/mol. The minimum Gasteiger partial charge on any atom is -0.480 e. The summed E-state index contributed by atoms with van der Waals surface area (Å²) in [5, 5.41) is 15.4. The van der Waals surface area contributed by atoms with Gasteiger partial charge in [0.25, 0.3) is 0 Å². The molecule has 2 aliphatic rings. The van der Waals surface area contributed by atoms with E-state index in [0.717, 1.165) is 45.1 Å². The zero-order valence-corrected chi connectivity index (χ0v) is 12.2. The first-order chi connectivity index (χ1) is 9.59. The maximum absolute atomic E-state index is 12.3. The van der Waals surface area contributed by atoms with Gasteiger partial charge < -0.3 is 15.7 Å². The number of carbonyl (C=O) groups excluding carboxylic acids is 1. The van der Waals surface area contributed by atoms with Crippen molar-refractivity contribution >= 4 is 11.9 Å². The number of carboxylic acid groups (broad SMARTS) is 1. The van der Waals surface area contributed by atoms with Crippen LogP contribution in [0.2, 0.25) is 0 Å². The molecular weight excluding hydrogens is 256 g/mol. The highest BCUT2D eigenvalue weighted by molar-refractivity contribution is 5.87. The molecule has 0 bridgehead atoms. The van der Waals surface area contributed by atoms with Crippen molar-refractivity contribution in [2.45, 2.75) is 64.0 Å². The second-order valence-electron chi connectivity index (χ2n) is 6.27. The zero-order chi connectivity index (χ0) is 14.5. The summed E-state index contributed by atoms with van der Waals surface area (Å²) in [7, 11) is 0. The van der Waals surface area contributed by atoms with Gasteiger partial charge in [-0.3, -0.25) is 4.79 Å². The van der Waals surface area contributed by atoms with E-state index >= 15 is 0 Å². The van der Waals surface area contributed by atoms with E-state index in [0.29, 0.717) is 0 Å². The second-order valence-corrected chi connectivity index (χ2v) is 6.27. The number of nitrogens with one attached hydrogen (secondary N) is 2. The van der Waals surface area contributed by atoms with E-state index in [2.05, 4.69) is 10.6 Å². The van der Waals surface area contributed by atoms with Gasteiger partial charge in [-0.05, 0) is 44.1 Å². The molecule has 0 spiro atoms. The molecule has 1 heterocycles. The van der Waals surface area contributed by atoms with Crippen molar-refractivity contribution in [1.29, 1.82) is 0 Å². The van der Waals surface area contributed by atoms with E-state index in [9.17, 15) is 14.7 Å². The van der Waals surface area contributed by atoms with Gasteiger partial charge in [-0.15, -0.1) is 0 Å². The summed E-state index contributed by atoms with van der Waals surface area (Å²) in [4.78, 5) is 23.8. The smallest absolute Gasteiger partial charge is 0.326 e. The first kappa shape index (κ1) is 15.3. The Hall–Kier alpha value is -1.10. The third-order valence-corrected chi connectivity index (χ3v) is 4.74. The summed E-state index contributed by atoms with van der Waals surface area (Å²) < 4.78 is 0. The normalized spacial score (nSPS) is 29.6. The summed E-state index contributed by atoms with van der Waals surface area (Å²) >= 11 is 0. The molecule has 1 amide bonds. The van der Waals surface area contributed by atoms with Gasteiger partial charge in [0.05, 0.1) is 6.04 Å². The Labute approximate surface area is 120 Å². The molecule has 114 valence electrons. The van der Waals surface area contributed by atoms with Crippen LogP contribution in [0.25, 0.3) is 0 Å². The molecule has 3 unspecified atom stereocenters. The molecule has 2 rings (SSSR count). The maximum Gasteiger partial charge on any atom is 0.326 e. The third kappa shape index (κ3) is 3.72. The van der Waals surface area contributed by atoms with Gasteiger partial charge in [0.1, 0.15) is 6.04 Å². The van der Waals surface area contributed by atoms with Gasteiger partial charge in [0.2, 0.25) is 5.91 Å². The lowest BCUT2D eigenvalue weighted by Crippen LogP contribution is -2.56. The fraction of sp³-hybridized carbons (Fsp3) is 0.867. The Kier molecular flexibility index (Phi) is 5.40. The van der Waals surface area contributed by atoms with Crippen LogP contribution in [-0.2, 0) is 9.59 Å². The molecule has 0 aromatic heterocycles. The van der Waals surface area contributed by atoms with E-state index in [1.807, 2.05) is 6.92 Å². The highest BCUT2D eigenvalue weighted by atomic mass is 16.4. The van der Waals surface area contributed by atoms with Crippen LogP contribution in [0.4, 0.5) is 0 Å². The third-order valence-electron chi connectivity index (χ3n) is 4.74. The first-order valence-corrected chi connectivity index (χ1v) is 7.86. The molecule has 1 saturated heterocycles. The van der Waals surface area contributed by atoms with Crippen LogP contribution in [0.3, 0.4) is 0 Å². The van der Waals surface area contributed by atoms with Crippen molar-refractivity contribution in [2.75, 3.05) is 6.54 Å². The number of hydrogen-bond donors (Lipinski definition) is 3. The standard InChI is InChI=1S/C15H26N2O3/c1-10-6-5-9-16-12(10)14(18)17-13(15(19)20)11-7-3-2-4-8-11/h10-13,16H,2-9H2,1H3,(H,17,18)(H,19,20). The van der Waals surface area contributed by atoms with Gasteiger partial charge in [0.15, 0.2) is 0 Å². The Bertz CT molecular complexity index is 353. The van der Waals surface area contributed by atoms with E-state index < -0.39 is 12.0 Å². The second kappa shape index (κ2) is 7.07. The van der Waals surface area contributed by atoms with Crippen LogP contribution < -0.4 is 10.6 Å². The number of aliphatic carboxylic acids is 1. The SMILES string of the molecule is CC1CCCNC1C(=O)NC(C(=O)O)C1CCCCC1. The van der Waals surface area contributed by atoms with Crippen LogP contribution in [0.1, 0.15) is 51.9 Å². The zero-order valence-electron chi connectivity index (χ0n) is 12.2. The fourth-order valence-corrected chi connectivity index (χ4v) is 3.49. The molecule has 3 N–H and O–H groups in total. The molecule has 0 aromatic carbocycles. The van der Waals surface area contributed by atoms with Crippen LogP contribution >= 0.6 is 0 Å². The number of rotatable bonds is 4. The lowest BCUT2D eigenvalue weighted by molar-refractivity contribution is -0.144. The number of carbonyl (C=O) groups is 2. The minimum absolute atomic E-state index is 0.0871. The Balaban J connectivity index is 1.96. The molecule has 1 aliphatic heterocycles. The molecule has 5 nitrogen and oxygen atoms in total. The van der Waals surface area contributed by atoms with E-state index in [1.54, 1.807) is 0 Å². The summed E-state index contributed by atoms with van der Waals surface area (Å²) in [6.07, 6.45) is 7.24. The van der Waals surface area contributed by atoms with Crippen molar-refractivity contribution in [3.05, 3.63) is 0 Å². The lowest BCUT2D eigenvalue weighted by Gasteiger charge is -2.32. The molecule has 5 heteroatoms.